The molecule has 0 aliphatic carbocycles. The second-order valence-corrected chi connectivity index (χ2v) is 5.15. The fourth-order valence-electron chi connectivity index (χ4n) is 2.08. The topological polar surface area (TPSA) is 65.0 Å². The number of carboxylic acid groups (broad SMARTS) is 1. The highest BCUT2D eigenvalue weighted by Crippen LogP contribution is 2.26. The van der Waals surface area contributed by atoms with Gasteiger partial charge < -0.3 is 19.3 Å². The summed E-state index contributed by atoms with van der Waals surface area (Å²) in [5.41, 5.74) is -0.680. The van der Waals surface area contributed by atoms with Crippen LogP contribution in [0.5, 0.6) is 5.75 Å². The van der Waals surface area contributed by atoms with Gasteiger partial charge >= 0.3 is 5.97 Å². The van der Waals surface area contributed by atoms with Crippen LogP contribution in [0.3, 0.4) is 0 Å². The Hall–Kier alpha value is -1.73. The highest BCUT2D eigenvalue weighted by Gasteiger charge is 2.32. The van der Waals surface area contributed by atoms with Crippen molar-refractivity contribution < 1.29 is 32.9 Å². The summed E-state index contributed by atoms with van der Waals surface area (Å²) in [4.78, 5) is 11.0. The van der Waals surface area contributed by atoms with E-state index in [1.807, 2.05) is 0 Å². The number of carboxylic acids is 1. The summed E-state index contributed by atoms with van der Waals surface area (Å²) in [6, 6.07) is 1.36. The van der Waals surface area contributed by atoms with Crippen LogP contribution in [0.4, 0.5) is 8.78 Å². The molecular weight excluding hydrogens is 286 g/mol. The lowest BCUT2D eigenvalue weighted by Gasteiger charge is -2.17. The molecule has 0 bridgehead atoms. The van der Waals surface area contributed by atoms with Crippen LogP contribution < -0.4 is 4.74 Å². The molecule has 0 amide bonds. The Morgan fingerprint density at radius 1 is 1.48 bits per heavy atom. The first-order valence-electron chi connectivity index (χ1n) is 6.45. The SMILES string of the molecule is CC1(C)OC[C@@H](CCOc2cc(F)cc(F)c2C(=O)O)O1. The summed E-state index contributed by atoms with van der Waals surface area (Å²) in [7, 11) is 0. The lowest BCUT2D eigenvalue weighted by molar-refractivity contribution is -0.139. The largest absolute Gasteiger partial charge is 0.492 e. The maximum Gasteiger partial charge on any atom is 0.342 e. The number of hydrogen-bond donors (Lipinski definition) is 1. The molecule has 7 heteroatoms. The van der Waals surface area contributed by atoms with Crippen molar-refractivity contribution in [2.45, 2.75) is 32.2 Å². The van der Waals surface area contributed by atoms with Crippen molar-refractivity contribution in [1.29, 1.82) is 0 Å². The highest BCUT2D eigenvalue weighted by atomic mass is 19.1. The highest BCUT2D eigenvalue weighted by molar-refractivity contribution is 5.91. The van der Waals surface area contributed by atoms with E-state index in [2.05, 4.69) is 0 Å². The van der Waals surface area contributed by atoms with Crippen LogP contribution in [0, 0.1) is 11.6 Å². The average Bonchev–Trinajstić information content (AvgIpc) is 2.67. The molecule has 21 heavy (non-hydrogen) atoms. The van der Waals surface area contributed by atoms with Crippen LogP contribution in [0.2, 0.25) is 0 Å². The molecule has 1 saturated heterocycles. The van der Waals surface area contributed by atoms with Crippen molar-refractivity contribution in [3.8, 4) is 5.75 Å². The van der Waals surface area contributed by atoms with Crippen molar-refractivity contribution in [3.63, 3.8) is 0 Å². The molecule has 0 aromatic heterocycles. The van der Waals surface area contributed by atoms with Crippen LogP contribution in [-0.4, -0.2) is 36.2 Å². The monoisotopic (exact) mass is 302 g/mol. The zero-order valence-corrected chi connectivity index (χ0v) is 11.7. The molecule has 1 atom stereocenters. The number of hydrogen-bond acceptors (Lipinski definition) is 4. The smallest absolute Gasteiger partial charge is 0.342 e. The summed E-state index contributed by atoms with van der Waals surface area (Å²) in [6.45, 7) is 4.00. The lowest BCUT2D eigenvalue weighted by atomic mass is 10.2. The molecule has 1 fully saturated rings. The van der Waals surface area contributed by atoms with Crippen molar-refractivity contribution in [2.24, 2.45) is 0 Å². The molecule has 1 N–H and O–H groups in total. The summed E-state index contributed by atoms with van der Waals surface area (Å²) in [6.07, 6.45) is 0.215. The Morgan fingerprint density at radius 2 is 2.19 bits per heavy atom. The molecule has 1 aromatic carbocycles. The zero-order chi connectivity index (χ0) is 15.6. The molecule has 2 rings (SSSR count). The first-order chi connectivity index (χ1) is 9.78. The predicted molar refractivity (Wildman–Crippen MR) is 68.3 cm³/mol. The van der Waals surface area contributed by atoms with Gasteiger partial charge in [0.2, 0.25) is 0 Å². The van der Waals surface area contributed by atoms with Gasteiger partial charge in [-0.3, -0.25) is 0 Å². The molecular formula is C14H16F2O5. The molecule has 0 spiro atoms. The van der Waals surface area contributed by atoms with Gasteiger partial charge in [0.1, 0.15) is 22.9 Å². The van der Waals surface area contributed by atoms with Gasteiger partial charge in [0.05, 0.1) is 19.3 Å². The third-order valence-corrected chi connectivity index (χ3v) is 3.00. The Kier molecular flexibility index (Phi) is 4.43. The Morgan fingerprint density at radius 3 is 2.76 bits per heavy atom. The number of benzene rings is 1. The summed E-state index contributed by atoms with van der Waals surface area (Å²) in [5, 5.41) is 8.93. The van der Waals surface area contributed by atoms with Gasteiger partial charge in [0.25, 0.3) is 0 Å². The molecule has 116 valence electrons. The Labute approximate surface area is 120 Å². The number of ether oxygens (including phenoxy) is 3. The van der Waals surface area contributed by atoms with Crippen molar-refractivity contribution in [3.05, 3.63) is 29.3 Å². The van der Waals surface area contributed by atoms with E-state index in [4.69, 9.17) is 19.3 Å². The maximum atomic E-state index is 13.4. The summed E-state index contributed by atoms with van der Waals surface area (Å²) >= 11 is 0. The van der Waals surface area contributed by atoms with E-state index in [1.165, 1.54) is 0 Å². The first-order valence-corrected chi connectivity index (χ1v) is 6.45. The summed E-state index contributed by atoms with van der Waals surface area (Å²) < 4.78 is 42.7. The fraction of sp³-hybridized carbons (Fsp3) is 0.500. The summed E-state index contributed by atoms with van der Waals surface area (Å²) in [5.74, 6) is -4.57. The van der Waals surface area contributed by atoms with Gasteiger partial charge in [0, 0.05) is 18.6 Å². The third kappa shape index (κ3) is 3.89. The predicted octanol–water partition coefficient (Wildman–Crippen LogP) is 2.58. The van der Waals surface area contributed by atoms with Gasteiger partial charge in [-0.2, -0.15) is 0 Å². The van der Waals surface area contributed by atoms with Crippen molar-refractivity contribution >= 4 is 5.97 Å². The molecule has 1 heterocycles. The van der Waals surface area contributed by atoms with E-state index in [1.54, 1.807) is 13.8 Å². The van der Waals surface area contributed by atoms with Crippen LogP contribution in [0.15, 0.2) is 12.1 Å². The van der Waals surface area contributed by atoms with E-state index >= 15 is 0 Å². The van der Waals surface area contributed by atoms with Gasteiger partial charge in [-0.15, -0.1) is 0 Å². The van der Waals surface area contributed by atoms with Gasteiger partial charge in [-0.1, -0.05) is 0 Å². The van der Waals surface area contributed by atoms with Crippen LogP contribution in [-0.2, 0) is 9.47 Å². The van der Waals surface area contributed by atoms with Crippen LogP contribution in [0.25, 0.3) is 0 Å². The minimum absolute atomic E-state index is 0.0628. The number of halogens is 2. The molecule has 5 nitrogen and oxygen atoms in total. The second kappa shape index (κ2) is 5.95. The van der Waals surface area contributed by atoms with Crippen molar-refractivity contribution in [1.82, 2.24) is 0 Å². The second-order valence-electron chi connectivity index (χ2n) is 5.15. The molecule has 0 saturated carbocycles. The van der Waals surface area contributed by atoms with Crippen molar-refractivity contribution in [2.75, 3.05) is 13.2 Å². The Balaban J connectivity index is 1.99. The quantitative estimate of drug-likeness (QED) is 0.905. The van der Waals surface area contributed by atoms with E-state index in [0.717, 1.165) is 6.07 Å². The average molecular weight is 302 g/mol. The molecule has 0 unspecified atom stereocenters. The first kappa shape index (κ1) is 15.7. The van der Waals surface area contributed by atoms with Gasteiger partial charge in [-0.25, -0.2) is 13.6 Å². The van der Waals surface area contributed by atoms with Crippen LogP contribution in [0.1, 0.15) is 30.6 Å². The molecule has 1 aliphatic heterocycles. The standard InChI is InChI=1S/C14H16F2O5/c1-14(2)20-7-9(21-14)3-4-19-11-6-8(15)5-10(16)12(11)13(17)18/h5-6,9H,3-4,7H2,1-2H3,(H,17,18)/t9-/m1/s1. The lowest BCUT2D eigenvalue weighted by Crippen LogP contribution is -2.22. The normalized spacial score (nSPS) is 20.5. The fourth-order valence-corrected chi connectivity index (χ4v) is 2.08. The number of rotatable bonds is 5. The van der Waals surface area contributed by atoms with E-state index in [9.17, 15) is 13.6 Å². The van der Waals surface area contributed by atoms with E-state index < -0.39 is 29.0 Å². The zero-order valence-electron chi connectivity index (χ0n) is 11.7. The minimum Gasteiger partial charge on any atom is -0.492 e. The molecule has 1 aromatic rings. The van der Waals surface area contributed by atoms with Gasteiger partial charge in [-0.05, 0) is 13.8 Å². The third-order valence-electron chi connectivity index (χ3n) is 3.00. The maximum absolute atomic E-state index is 13.4. The number of carbonyl (C=O) groups is 1. The number of aromatic carboxylic acids is 1. The van der Waals surface area contributed by atoms with E-state index in [0.29, 0.717) is 19.1 Å². The van der Waals surface area contributed by atoms with E-state index in [-0.39, 0.29) is 18.5 Å². The minimum atomic E-state index is -1.51. The van der Waals surface area contributed by atoms with Crippen LogP contribution >= 0.6 is 0 Å². The Bertz CT molecular complexity index is 544. The molecule has 0 radical (unpaired) electrons. The molecule has 1 aliphatic rings. The van der Waals surface area contributed by atoms with Gasteiger partial charge in [0.15, 0.2) is 5.79 Å².